The maximum Gasteiger partial charge on any atom is 0.200 e. The van der Waals surface area contributed by atoms with E-state index in [1.54, 1.807) is 6.08 Å². The first-order chi connectivity index (χ1) is 9.86. The summed E-state index contributed by atoms with van der Waals surface area (Å²) in [5.74, 6) is 0.217. The van der Waals surface area contributed by atoms with Crippen LogP contribution in [0.1, 0.15) is 0 Å². The molecule has 2 aromatic rings. The summed E-state index contributed by atoms with van der Waals surface area (Å²) in [6, 6.07) is 20.8. The van der Waals surface area contributed by atoms with Crippen LogP contribution in [-0.4, -0.2) is 11.4 Å². The molecule has 0 amide bonds. The van der Waals surface area contributed by atoms with Gasteiger partial charge in [0.05, 0.1) is 18.5 Å². The molecule has 21 heavy (non-hydrogen) atoms. The van der Waals surface area contributed by atoms with E-state index in [1.807, 2.05) is 24.3 Å². The molecule has 1 aliphatic rings. The molecule has 0 saturated heterocycles. The molecule has 106 valence electrons. The molecule has 0 fully saturated rings. The molecule has 1 unspecified atom stereocenters. The van der Waals surface area contributed by atoms with Gasteiger partial charge in [0.1, 0.15) is 0 Å². The van der Waals surface area contributed by atoms with Crippen LogP contribution < -0.4 is 27.6 Å². The Labute approximate surface area is 136 Å². The van der Waals surface area contributed by atoms with Gasteiger partial charge in [-0.1, -0.05) is 48.6 Å². The van der Waals surface area contributed by atoms with E-state index in [0.717, 1.165) is 0 Å². The quantitative estimate of drug-likeness (QED) is 0.701. The van der Waals surface area contributed by atoms with Crippen molar-refractivity contribution in [3.05, 3.63) is 85.0 Å². The van der Waals surface area contributed by atoms with Crippen molar-refractivity contribution in [3.8, 4) is 0 Å². The summed E-state index contributed by atoms with van der Waals surface area (Å²) in [7, 11) is -1.14. The fourth-order valence-electron chi connectivity index (χ4n) is 2.52. The number of rotatable bonds is 3. The molecule has 1 atom stereocenters. The lowest BCUT2D eigenvalue weighted by atomic mass is 10.2. The summed E-state index contributed by atoms with van der Waals surface area (Å²) < 4.78 is 0. The summed E-state index contributed by atoms with van der Waals surface area (Å²) in [4.78, 5) is 12.3. The van der Waals surface area contributed by atoms with E-state index in [4.69, 9.17) is 0 Å². The monoisotopic (exact) mass is 358 g/mol. The van der Waals surface area contributed by atoms with Gasteiger partial charge in [-0.15, -0.1) is 0 Å². The SMILES string of the molecule is O=C1C=CC=CC1[PH+](c1ccccc1)c1ccccc1.[Br-]. The van der Waals surface area contributed by atoms with Crippen LogP contribution >= 0.6 is 7.92 Å². The second-order valence-corrected chi connectivity index (χ2v) is 7.37. The molecule has 0 N–H and O–H groups in total. The Morgan fingerprint density at radius 3 is 1.76 bits per heavy atom. The van der Waals surface area contributed by atoms with Crippen LogP contribution in [0.4, 0.5) is 0 Å². The highest BCUT2D eigenvalue weighted by atomic mass is 79.9. The standard InChI is InChI=1S/C18H15OP.BrH/c19-17-13-7-8-14-18(17)20(15-9-3-1-4-10-15)16-11-5-2-6-12-16;/h1-14,18H;1H. The third-order valence-corrected chi connectivity index (χ3v) is 6.47. The van der Waals surface area contributed by atoms with Crippen molar-refractivity contribution in [1.29, 1.82) is 0 Å². The molecule has 0 heterocycles. The number of hydrogen-bond acceptors (Lipinski definition) is 1. The van der Waals surface area contributed by atoms with Crippen LogP contribution in [0.3, 0.4) is 0 Å². The first-order valence-electron chi connectivity index (χ1n) is 6.72. The Balaban J connectivity index is 0.00000161. The summed E-state index contributed by atoms with van der Waals surface area (Å²) in [5.41, 5.74) is -0.0187. The van der Waals surface area contributed by atoms with E-state index in [0.29, 0.717) is 0 Å². The number of allylic oxidation sites excluding steroid dienone is 4. The fourth-order valence-corrected chi connectivity index (χ4v) is 5.36. The second kappa shape index (κ2) is 7.49. The van der Waals surface area contributed by atoms with Gasteiger partial charge in [0.25, 0.3) is 0 Å². The number of ketones is 1. The van der Waals surface area contributed by atoms with Gasteiger partial charge in [0, 0.05) is 0 Å². The van der Waals surface area contributed by atoms with Gasteiger partial charge in [-0.25, -0.2) is 0 Å². The molecule has 0 spiro atoms. The van der Waals surface area contributed by atoms with Crippen molar-refractivity contribution in [3.63, 3.8) is 0 Å². The van der Waals surface area contributed by atoms with E-state index in [1.165, 1.54) is 10.6 Å². The summed E-state index contributed by atoms with van der Waals surface area (Å²) in [6.45, 7) is 0. The zero-order valence-electron chi connectivity index (χ0n) is 11.4. The minimum atomic E-state index is -1.14. The summed E-state index contributed by atoms with van der Waals surface area (Å²) >= 11 is 0. The maximum absolute atomic E-state index is 12.3. The van der Waals surface area contributed by atoms with Gasteiger partial charge in [-0.3, -0.25) is 4.79 Å². The molecule has 0 saturated carbocycles. The molecular weight excluding hydrogens is 343 g/mol. The number of carbonyl (C=O) groups is 1. The molecule has 1 aliphatic carbocycles. The Hall–Kier alpha value is -1.50. The number of hydrogen-bond donors (Lipinski definition) is 0. The van der Waals surface area contributed by atoms with Crippen molar-refractivity contribution in [2.24, 2.45) is 0 Å². The Kier molecular flexibility index (Phi) is 5.67. The minimum Gasteiger partial charge on any atom is -1.00 e. The highest BCUT2D eigenvalue weighted by Gasteiger charge is 2.35. The van der Waals surface area contributed by atoms with Gasteiger partial charge in [0.15, 0.2) is 11.4 Å². The van der Waals surface area contributed by atoms with E-state index < -0.39 is 7.92 Å². The lowest BCUT2D eigenvalue weighted by Crippen LogP contribution is -3.00. The lowest BCUT2D eigenvalue weighted by molar-refractivity contribution is -0.113. The maximum atomic E-state index is 12.3. The molecule has 2 aromatic carbocycles. The topological polar surface area (TPSA) is 17.1 Å². The molecule has 3 rings (SSSR count). The van der Waals surface area contributed by atoms with Crippen LogP contribution in [0, 0.1) is 0 Å². The average molecular weight is 359 g/mol. The first-order valence-corrected chi connectivity index (χ1v) is 8.30. The van der Waals surface area contributed by atoms with Gasteiger partial charge >= 0.3 is 0 Å². The predicted octanol–water partition coefficient (Wildman–Crippen LogP) is -0.0807. The van der Waals surface area contributed by atoms with E-state index in [2.05, 4.69) is 54.6 Å². The Bertz CT molecular complexity index is 610. The third-order valence-electron chi connectivity index (χ3n) is 3.46. The van der Waals surface area contributed by atoms with Gasteiger partial charge in [-0.05, 0) is 36.4 Å². The normalized spacial score (nSPS) is 16.8. The van der Waals surface area contributed by atoms with Crippen molar-refractivity contribution in [2.45, 2.75) is 5.66 Å². The van der Waals surface area contributed by atoms with E-state index in [-0.39, 0.29) is 28.4 Å². The molecule has 3 heteroatoms. The molecular formula is C18H16BrOP. The van der Waals surface area contributed by atoms with Gasteiger partial charge in [0.2, 0.25) is 0 Å². The van der Waals surface area contributed by atoms with Crippen LogP contribution in [0.15, 0.2) is 85.0 Å². The number of benzene rings is 2. The molecule has 0 aliphatic heterocycles. The molecule has 0 radical (unpaired) electrons. The average Bonchev–Trinajstić information content (AvgIpc) is 2.52. The van der Waals surface area contributed by atoms with Crippen LogP contribution in [-0.2, 0) is 4.79 Å². The third kappa shape index (κ3) is 3.58. The zero-order valence-corrected chi connectivity index (χ0v) is 14.0. The van der Waals surface area contributed by atoms with Crippen molar-refractivity contribution in [2.75, 3.05) is 0 Å². The smallest absolute Gasteiger partial charge is 0.200 e. The fraction of sp³-hybridized carbons (Fsp3) is 0.0556. The molecule has 0 bridgehead atoms. The Morgan fingerprint density at radius 2 is 1.29 bits per heavy atom. The predicted molar refractivity (Wildman–Crippen MR) is 87.5 cm³/mol. The van der Waals surface area contributed by atoms with Gasteiger partial charge in [-0.2, -0.15) is 0 Å². The van der Waals surface area contributed by atoms with Crippen molar-refractivity contribution < 1.29 is 21.8 Å². The van der Waals surface area contributed by atoms with E-state index >= 15 is 0 Å². The van der Waals surface area contributed by atoms with E-state index in [9.17, 15) is 4.79 Å². The second-order valence-electron chi connectivity index (χ2n) is 4.77. The van der Waals surface area contributed by atoms with Crippen LogP contribution in [0.5, 0.6) is 0 Å². The largest absolute Gasteiger partial charge is 1.00 e. The number of carbonyl (C=O) groups excluding carboxylic acids is 1. The first kappa shape index (κ1) is 15.9. The van der Waals surface area contributed by atoms with Crippen molar-refractivity contribution in [1.82, 2.24) is 0 Å². The lowest BCUT2D eigenvalue weighted by Gasteiger charge is -2.17. The molecule has 0 aromatic heterocycles. The van der Waals surface area contributed by atoms with Crippen LogP contribution in [0.2, 0.25) is 0 Å². The summed E-state index contributed by atoms with van der Waals surface area (Å²) in [5, 5.41) is 2.56. The highest BCUT2D eigenvalue weighted by Crippen LogP contribution is 2.41. The minimum absolute atomic E-state index is 0. The molecule has 1 nitrogen and oxygen atoms in total. The number of halogens is 1. The highest BCUT2D eigenvalue weighted by molar-refractivity contribution is 7.74. The van der Waals surface area contributed by atoms with Crippen LogP contribution in [0.25, 0.3) is 0 Å². The summed E-state index contributed by atoms with van der Waals surface area (Å²) in [6.07, 6.45) is 7.56. The van der Waals surface area contributed by atoms with Crippen molar-refractivity contribution >= 4 is 24.3 Å². The zero-order chi connectivity index (χ0) is 13.8. The Morgan fingerprint density at radius 1 is 0.762 bits per heavy atom. The van der Waals surface area contributed by atoms with Gasteiger partial charge < -0.3 is 17.0 Å².